The minimum Gasteiger partial charge on any atom is -0.339 e. The quantitative estimate of drug-likeness (QED) is 0.659. The summed E-state index contributed by atoms with van der Waals surface area (Å²) in [6.45, 7) is 5.03. The first-order chi connectivity index (χ1) is 9.70. The number of guanidine groups is 2. The zero-order valence-electron chi connectivity index (χ0n) is 11.6. The average Bonchev–Trinajstić information content (AvgIpc) is 3.01. The predicted octanol–water partition coefficient (Wildman–Crippen LogP) is 0.435. The summed E-state index contributed by atoms with van der Waals surface area (Å²) in [5, 5.41) is 2.11. The fourth-order valence-corrected chi connectivity index (χ4v) is 3.41. The molecule has 1 unspecified atom stereocenters. The van der Waals surface area contributed by atoms with Crippen LogP contribution in [0.5, 0.6) is 0 Å². The third-order valence-electron chi connectivity index (χ3n) is 4.41. The lowest BCUT2D eigenvalue weighted by molar-refractivity contribution is 0.207. The van der Waals surface area contributed by atoms with Crippen molar-refractivity contribution in [3.63, 3.8) is 0 Å². The van der Waals surface area contributed by atoms with Gasteiger partial charge in [-0.15, -0.1) is 11.6 Å². The maximum Gasteiger partial charge on any atom is 0.248 e. The minimum absolute atomic E-state index is 0.0718. The fourth-order valence-electron chi connectivity index (χ4n) is 3.10. The van der Waals surface area contributed by atoms with Crippen LogP contribution in [0.4, 0.5) is 0 Å². The molecule has 0 aromatic heterocycles. The molecule has 1 N–H and O–H groups in total. The monoisotopic (exact) mass is 294 g/mol. The summed E-state index contributed by atoms with van der Waals surface area (Å²) < 4.78 is 0. The van der Waals surface area contributed by atoms with Gasteiger partial charge in [0.2, 0.25) is 11.9 Å². The van der Waals surface area contributed by atoms with Crippen molar-refractivity contribution in [2.75, 3.05) is 39.8 Å². The largest absolute Gasteiger partial charge is 0.339 e. The summed E-state index contributed by atoms with van der Waals surface area (Å²) >= 11 is 6.31. The molecule has 0 radical (unpaired) electrons. The van der Waals surface area contributed by atoms with Gasteiger partial charge in [-0.3, -0.25) is 5.43 Å². The van der Waals surface area contributed by atoms with Crippen molar-refractivity contribution < 1.29 is 0 Å². The van der Waals surface area contributed by atoms with E-state index in [-0.39, 0.29) is 5.38 Å². The number of nitrogens with zero attached hydrogens (tertiary/aromatic N) is 5. The highest BCUT2D eigenvalue weighted by molar-refractivity contribution is 6.23. The van der Waals surface area contributed by atoms with Crippen LogP contribution in [-0.4, -0.2) is 71.9 Å². The van der Waals surface area contributed by atoms with Gasteiger partial charge in [-0.25, -0.2) is 10.0 Å². The van der Waals surface area contributed by atoms with E-state index in [4.69, 9.17) is 11.6 Å². The molecule has 1 fully saturated rings. The molecule has 4 rings (SSSR count). The second-order valence-electron chi connectivity index (χ2n) is 5.83. The summed E-state index contributed by atoms with van der Waals surface area (Å²) in [6.07, 6.45) is 2.06. The fraction of sp³-hybridized carbons (Fsp3) is 0.692. The molecule has 0 bridgehead atoms. The van der Waals surface area contributed by atoms with Crippen molar-refractivity contribution in [1.29, 1.82) is 0 Å². The van der Waals surface area contributed by atoms with Crippen LogP contribution < -0.4 is 5.43 Å². The lowest BCUT2D eigenvalue weighted by Crippen LogP contribution is -2.53. The normalized spacial score (nSPS) is 30.0. The van der Waals surface area contributed by atoms with E-state index in [9.17, 15) is 0 Å². The van der Waals surface area contributed by atoms with Crippen molar-refractivity contribution >= 4 is 23.5 Å². The number of rotatable bonds is 0. The summed E-state index contributed by atoms with van der Waals surface area (Å²) in [6, 6.07) is 0. The molecule has 108 valence electrons. The molecule has 0 amide bonds. The molecule has 1 saturated heterocycles. The highest BCUT2D eigenvalue weighted by Crippen LogP contribution is 2.35. The van der Waals surface area contributed by atoms with Gasteiger partial charge in [-0.2, -0.15) is 4.99 Å². The number of allylic oxidation sites excluding steroid dienone is 1. The molecule has 4 aliphatic rings. The third kappa shape index (κ3) is 1.98. The van der Waals surface area contributed by atoms with Gasteiger partial charge < -0.3 is 9.80 Å². The van der Waals surface area contributed by atoms with E-state index in [2.05, 4.69) is 32.3 Å². The molecule has 6 nitrogen and oxygen atoms in total. The Labute approximate surface area is 123 Å². The number of nitrogens with one attached hydrogen (secondary N) is 1. The second-order valence-corrected chi connectivity index (χ2v) is 6.36. The van der Waals surface area contributed by atoms with Crippen LogP contribution in [0.2, 0.25) is 0 Å². The number of halogens is 1. The molecule has 20 heavy (non-hydrogen) atoms. The van der Waals surface area contributed by atoms with Gasteiger partial charge in [0.15, 0.2) is 0 Å². The summed E-state index contributed by atoms with van der Waals surface area (Å²) in [5.74, 6) is 1.70. The van der Waals surface area contributed by atoms with Gasteiger partial charge in [0.1, 0.15) is 0 Å². The van der Waals surface area contributed by atoms with E-state index in [0.29, 0.717) is 0 Å². The highest BCUT2D eigenvalue weighted by atomic mass is 35.5. The Kier molecular flexibility index (Phi) is 2.89. The van der Waals surface area contributed by atoms with Crippen molar-refractivity contribution in [2.45, 2.75) is 18.2 Å². The molecule has 0 spiro atoms. The molecule has 0 aromatic carbocycles. The van der Waals surface area contributed by atoms with E-state index in [0.717, 1.165) is 63.2 Å². The van der Waals surface area contributed by atoms with Crippen molar-refractivity contribution in [2.24, 2.45) is 9.98 Å². The number of alkyl halides is 1. The minimum atomic E-state index is 0.0718. The standard InChI is InChI=1S/C13H19ClN6/c1-18-4-6-19(7-5-18)13-16-12-15-11-9(2-3-10(11)14)8-20(12)17-13/h10H,2-8H2,1H3,(H,15,16,17). The van der Waals surface area contributed by atoms with Crippen LogP contribution in [0.3, 0.4) is 0 Å². The van der Waals surface area contributed by atoms with E-state index in [1.54, 1.807) is 0 Å². The van der Waals surface area contributed by atoms with Gasteiger partial charge in [-0.05, 0) is 25.5 Å². The number of fused-ring (bicyclic) bond motifs is 1. The van der Waals surface area contributed by atoms with Crippen molar-refractivity contribution in [3.8, 4) is 0 Å². The molecule has 1 aliphatic carbocycles. The predicted molar refractivity (Wildman–Crippen MR) is 79.7 cm³/mol. The van der Waals surface area contributed by atoms with Crippen molar-refractivity contribution in [1.82, 2.24) is 20.2 Å². The Morgan fingerprint density at radius 1 is 1.20 bits per heavy atom. The van der Waals surface area contributed by atoms with Crippen LogP contribution in [-0.2, 0) is 0 Å². The van der Waals surface area contributed by atoms with Crippen LogP contribution in [0, 0.1) is 0 Å². The van der Waals surface area contributed by atoms with E-state index in [1.807, 2.05) is 5.01 Å². The lowest BCUT2D eigenvalue weighted by Gasteiger charge is -2.34. The van der Waals surface area contributed by atoms with Crippen LogP contribution in [0.25, 0.3) is 0 Å². The molecular weight excluding hydrogens is 276 g/mol. The molecule has 3 aliphatic heterocycles. The number of hydrazine groups is 1. The molecule has 1 atom stereocenters. The molecule has 7 heteroatoms. The van der Waals surface area contributed by atoms with Crippen LogP contribution >= 0.6 is 11.6 Å². The zero-order valence-corrected chi connectivity index (χ0v) is 12.4. The smallest absolute Gasteiger partial charge is 0.248 e. The number of aliphatic imine (C=N–C) groups is 2. The van der Waals surface area contributed by atoms with Crippen LogP contribution in [0.15, 0.2) is 21.3 Å². The first-order valence-corrected chi connectivity index (χ1v) is 7.65. The van der Waals surface area contributed by atoms with Crippen molar-refractivity contribution in [3.05, 3.63) is 11.3 Å². The first kappa shape index (κ1) is 12.5. The maximum atomic E-state index is 6.31. The second kappa shape index (κ2) is 4.63. The summed E-state index contributed by atoms with van der Waals surface area (Å²) in [4.78, 5) is 13.9. The SMILES string of the molecule is CN1CCN(C2=NC3=NC4=C(CCC4Cl)CN3N2)CC1. The number of piperazine rings is 1. The first-order valence-electron chi connectivity index (χ1n) is 7.22. The Balaban J connectivity index is 1.53. The van der Waals surface area contributed by atoms with E-state index in [1.165, 1.54) is 5.57 Å². The Morgan fingerprint density at radius 2 is 2.00 bits per heavy atom. The maximum absolute atomic E-state index is 6.31. The van der Waals surface area contributed by atoms with E-state index >= 15 is 0 Å². The van der Waals surface area contributed by atoms with Gasteiger partial charge in [0.05, 0.1) is 17.6 Å². The Hall–Kier alpha value is -1.27. The lowest BCUT2D eigenvalue weighted by atomic mass is 10.2. The Morgan fingerprint density at radius 3 is 2.80 bits per heavy atom. The molecule has 0 saturated carbocycles. The third-order valence-corrected chi connectivity index (χ3v) is 4.84. The Bertz CT molecular complexity index is 517. The number of likely N-dealkylation sites (N-methyl/N-ethyl adjacent to an activating group) is 1. The van der Waals surface area contributed by atoms with Gasteiger partial charge in [0.25, 0.3) is 0 Å². The van der Waals surface area contributed by atoms with E-state index < -0.39 is 0 Å². The number of hydrogen-bond donors (Lipinski definition) is 1. The summed E-state index contributed by atoms with van der Waals surface area (Å²) in [7, 11) is 2.16. The van der Waals surface area contributed by atoms with Crippen LogP contribution in [0.1, 0.15) is 12.8 Å². The molecule has 0 aromatic rings. The molecular formula is C13H19ClN6. The topological polar surface area (TPSA) is 46.5 Å². The zero-order chi connectivity index (χ0) is 13.7. The van der Waals surface area contributed by atoms with Gasteiger partial charge in [-0.1, -0.05) is 0 Å². The van der Waals surface area contributed by atoms with Gasteiger partial charge in [0, 0.05) is 26.2 Å². The average molecular weight is 295 g/mol. The molecule has 3 heterocycles. The summed E-state index contributed by atoms with van der Waals surface area (Å²) in [5.41, 5.74) is 5.80. The number of hydrogen-bond acceptors (Lipinski definition) is 6. The highest BCUT2D eigenvalue weighted by Gasteiger charge is 2.34. The van der Waals surface area contributed by atoms with Gasteiger partial charge >= 0.3 is 0 Å².